The minimum Gasteiger partial charge on any atom is -0.379 e. The molecule has 0 spiro atoms. The Bertz CT molecular complexity index is 529. The summed E-state index contributed by atoms with van der Waals surface area (Å²) in [6.45, 7) is 9.71. The second-order valence-electron chi connectivity index (χ2n) is 6.85. The summed E-state index contributed by atoms with van der Waals surface area (Å²) in [5, 5.41) is 6.95. The van der Waals surface area contributed by atoms with Crippen molar-refractivity contribution in [3.63, 3.8) is 0 Å². The predicted octanol–water partition coefficient (Wildman–Crippen LogP) is 2.37. The van der Waals surface area contributed by atoms with Gasteiger partial charge in [-0.1, -0.05) is 30.3 Å². The van der Waals surface area contributed by atoms with Crippen LogP contribution in [0.1, 0.15) is 25.5 Å². The molecule has 1 fully saturated rings. The third-order valence-corrected chi connectivity index (χ3v) is 5.84. The highest BCUT2D eigenvalue weighted by Gasteiger charge is 2.23. The van der Waals surface area contributed by atoms with Gasteiger partial charge in [0.2, 0.25) is 0 Å². The van der Waals surface area contributed by atoms with Crippen LogP contribution in [0.2, 0.25) is 0 Å². The van der Waals surface area contributed by atoms with Gasteiger partial charge in [-0.3, -0.25) is 9.89 Å². The van der Waals surface area contributed by atoms with Gasteiger partial charge in [-0.2, -0.15) is 11.8 Å². The van der Waals surface area contributed by atoms with Gasteiger partial charge in [-0.25, -0.2) is 0 Å². The zero-order chi connectivity index (χ0) is 18.1. The van der Waals surface area contributed by atoms with Crippen molar-refractivity contribution in [1.82, 2.24) is 15.5 Å². The molecule has 0 bridgehead atoms. The summed E-state index contributed by atoms with van der Waals surface area (Å²) < 4.78 is 5.70. The van der Waals surface area contributed by atoms with Crippen molar-refractivity contribution in [3.05, 3.63) is 35.9 Å². The molecule has 1 saturated heterocycles. The van der Waals surface area contributed by atoms with Crippen LogP contribution in [-0.2, 0) is 4.74 Å². The Balaban J connectivity index is 1.98. The number of morpholine rings is 1. The molecule has 5 nitrogen and oxygen atoms in total. The molecule has 1 aliphatic rings. The highest BCUT2D eigenvalue weighted by atomic mass is 32.2. The SMILES string of the molecule is CN=C(NCC(c1ccccc1)N1CCOCC1)NCC(C)(C)SC. The second-order valence-corrected chi connectivity index (χ2v) is 8.36. The summed E-state index contributed by atoms with van der Waals surface area (Å²) in [7, 11) is 1.83. The van der Waals surface area contributed by atoms with Crippen LogP contribution in [-0.4, -0.2) is 68.3 Å². The average Bonchev–Trinajstić information content (AvgIpc) is 2.66. The first kappa shape index (κ1) is 20.1. The minimum atomic E-state index is 0.181. The van der Waals surface area contributed by atoms with Crippen LogP contribution in [0.3, 0.4) is 0 Å². The molecule has 0 aliphatic carbocycles. The van der Waals surface area contributed by atoms with Crippen molar-refractivity contribution in [3.8, 4) is 0 Å². The summed E-state index contributed by atoms with van der Waals surface area (Å²) in [5.74, 6) is 0.858. The Morgan fingerprint density at radius 1 is 1.24 bits per heavy atom. The van der Waals surface area contributed by atoms with E-state index in [9.17, 15) is 0 Å². The summed E-state index contributed by atoms with van der Waals surface area (Å²) in [5.41, 5.74) is 1.33. The number of hydrogen-bond donors (Lipinski definition) is 2. The molecule has 0 radical (unpaired) electrons. The maximum absolute atomic E-state index is 5.52. The van der Waals surface area contributed by atoms with Crippen molar-refractivity contribution in [2.75, 3.05) is 52.7 Å². The average molecular weight is 365 g/mol. The van der Waals surface area contributed by atoms with Crippen molar-refractivity contribution in [2.24, 2.45) is 4.99 Å². The first-order chi connectivity index (χ1) is 12.1. The summed E-state index contributed by atoms with van der Waals surface area (Å²) in [6, 6.07) is 11.0. The van der Waals surface area contributed by atoms with E-state index < -0.39 is 0 Å². The maximum Gasteiger partial charge on any atom is 0.191 e. The van der Waals surface area contributed by atoms with Gasteiger partial charge in [0.25, 0.3) is 0 Å². The second kappa shape index (κ2) is 10.0. The Kier molecular flexibility index (Phi) is 8.06. The van der Waals surface area contributed by atoms with Crippen LogP contribution in [0.25, 0.3) is 0 Å². The number of aliphatic imine (C=N–C) groups is 1. The van der Waals surface area contributed by atoms with Crippen LogP contribution in [0.4, 0.5) is 0 Å². The smallest absolute Gasteiger partial charge is 0.191 e. The van der Waals surface area contributed by atoms with Crippen molar-refractivity contribution < 1.29 is 4.74 Å². The first-order valence-electron chi connectivity index (χ1n) is 8.92. The number of hydrogen-bond acceptors (Lipinski definition) is 4. The first-order valence-corrected chi connectivity index (χ1v) is 10.1. The van der Waals surface area contributed by atoms with E-state index in [1.54, 1.807) is 0 Å². The molecule has 0 saturated carbocycles. The lowest BCUT2D eigenvalue weighted by Gasteiger charge is -2.35. The molecule has 1 unspecified atom stereocenters. The zero-order valence-corrected chi connectivity index (χ0v) is 16.7. The Hall–Kier alpha value is -1.24. The Morgan fingerprint density at radius 3 is 2.52 bits per heavy atom. The van der Waals surface area contributed by atoms with Crippen molar-refractivity contribution >= 4 is 17.7 Å². The Labute approximate surface area is 156 Å². The summed E-state index contributed by atoms with van der Waals surface area (Å²) in [6.07, 6.45) is 2.14. The quantitative estimate of drug-likeness (QED) is 0.575. The van der Waals surface area contributed by atoms with Gasteiger partial charge in [0.05, 0.1) is 19.3 Å². The number of rotatable bonds is 7. The van der Waals surface area contributed by atoms with E-state index in [0.29, 0.717) is 6.04 Å². The molecule has 1 heterocycles. The van der Waals surface area contributed by atoms with Gasteiger partial charge < -0.3 is 15.4 Å². The molecular formula is C19H32N4OS. The topological polar surface area (TPSA) is 48.9 Å². The fourth-order valence-electron chi connectivity index (χ4n) is 2.80. The fourth-order valence-corrected chi connectivity index (χ4v) is 3.02. The van der Waals surface area contributed by atoms with E-state index in [1.807, 2.05) is 18.8 Å². The molecule has 0 aromatic heterocycles. The van der Waals surface area contributed by atoms with Gasteiger partial charge in [-0.05, 0) is 25.7 Å². The van der Waals surface area contributed by atoms with Crippen LogP contribution in [0, 0.1) is 0 Å². The van der Waals surface area contributed by atoms with Gasteiger partial charge in [0, 0.05) is 38.0 Å². The van der Waals surface area contributed by atoms with E-state index in [0.717, 1.165) is 45.4 Å². The Morgan fingerprint density at radius 2 is 1.92 bits per heavy atom. The van der Waals surface area contributed by atoms with E-state index in [-0.39, 0.29) is 4.75 Å². The largest absolute Gasteiger partial charge is 0.379 e. The molecule has 1 aromatic rings. The molecule has 25 heavy (non-hydrogen) atoms. The maximum atomic E-state index is 5.52. The van der Waals surface area contributed by atoms with Gasteiger partial charge >= 0.3 is 0 Å². The normalized spacial score (nSPS) is 18.0. The number of nitrogens with zero attached hydrogens (tertiary/aromatic N) is 2. The lowest BCUT2D eigenvalue weighted by molar-refractivity contribution is 0.0170. The van der Waals surface area contributed by atoms with Gasteiger partial charge in [0.15, 0.2) is 5.96 Å². The molecule has 1 atom stereocenters. The van der Waals surface area contributed by atoms with E-state index in [2.05, 4.69) is 71.0 Å². The fraction of sp³-hybridized carbons (Fsp3) is 0.632. The highest BCUT2D eigenvalue weighted by molar-refractivity contribution is 7.99. The zero-order valence-electron chi connectivity index (χ0n) is 15.9. The molecular weight excluding hydrogens is 332 g/mol. The van der Waals surface area contributed by atoms with Crippen LogP contribution >= 0.6 is 11.8 Å². The standard InChI is InChI=1S/C19H32N4OS/c1-19(2,25-4)15-22-18(20-3)21-14-17(16-8-6-5-7-9-16)23-10-12-24-13-11-23/h5-9,17H,10-15H2,1-4H3,(H2,20,21,22). The lowest BCUT2D eigenvalue weighted by Crippen LogP contribution is -2.48. The molecule has 1 aromatic carbocycles. The molecule has 1 aliphatic heterocycles. The third kappa shape index (κ3) is 6.53. The number of guanidine groups is 1. The number of nitrogens with one attached hydrogen (secondary N) is 2. The monoisotopic (exact) mass is 364 g/mol. The van der Waals surface area contributed by atoms with Crippen LogP contribution < -0.4 is 10.6 Å². The number of benzene rings is 1. The highest BCUT2D eigenvalue weighted by Crippen LogP contribution is 2.21. The van der Waals surface area contributed by atoms with E-state index >= 15 is 0 Å². The van der Waals surface area contributed by atoms with Crippen molar-refractivity contribution in [1.29, 1.82) is 0 Å². The summed E-state index contributed by atoms with van der Waals surface area (Å²) in [4.78, 5) is 6.87. The molecule has 2 N–H and O–H groups in total. The summed E-state index contributed by atoms with van der Waals surface area (Å²) >= 11 is 1.86. The van der Waals surface area contributed by atoms with Crippen molar-refractivity contribution in [2.45, 2.75) is 24.6 Å². The minimum absolute atomic E-state index is 0.181. The van der Waals surface area contributed by atoms with E-state index in [1.165, 1.54) is 5.56 Å². The number of ether oxygens (including phenoxy) is 1. The van der Waals surface area contributed by atoms with Gasteiger partial charge in [0.1, 0.15) is 0 Å². The molecule has 0 amide bonds. The molecule has 6 heteroatoms. The van der Waals surface area contributed by atoms with E-state index in [4.69, 9.17) is 4.74 Å². The lowest BCUT2D eigenvalue weighted by atomic mass is 10.0. The van der Waals surface area contributed by atoms with Gasteiger partial charge in [-0.15, -0.1) is 0 Å². The number of thioether (sulfide) groups is 1. The predicted molar refractivity (Wildman–Crippen MR) is 109 cm³/mol. The van der Waals surface area contributed by atoms with Crippen LogP contribution in [0.15, 0.2) is 35.3 Å². The molecule has 140 valence electrons. The third-order valence-electron chi connectivity index (χ3n) is 4.59. The van der Waals surface area contributed by atoms with Crippen LogP contribution in [0.5, 0.6) is 0 Å². The molecule has 2 rings (SSSR count).